The van der Waals surface area contributed by atoms with Gasteiger partial charge in [0.2, 0.25) is 0 Å². The second-order valence-electron chi connectivity index (χ2n) is 11.6. The Kier molecular flexibility index (Phi) is 7.91. The summed E-state index contributed by atoms with van der Waals surface area (Å²) in [7, 11) is 0. The van der Waals surface area contributed by atoms with Crippen LogP contribution in [0.5, 0.6) is 0 Å². The van der Waals surface area contributed by atoms with Crippen molar-refractivity contribution in [2.45, 2.75) is 11.1 Å². The van der Waals surface area contributed by atoms with Crippen molar-refractivity contribution in [3.05, 3.63) is 212 Å². The second kappa shape index (κ2) is 12.5. The summed E-state index contributed by atoms with van der Waals surface area (Å²) in [4.78, 5) is 22.6. The Balaban J connectivity index is 1.58. The van der Waals surface area contributed by atoms with Crippen LogP contribution in [0.4, 0.5) is 0 Å². The van der Waals surface area contributed by atoms with E-state index in [-0.39, 0.29) is 0 Å². The Morgan fingerprint density at radius 3 is 1.02 bits per heavy atom. The van der Waals surface area contributed by atoms with Gasteiger partial charge in [-0.1, -0.05) is 190 Å². The smallest absolute Gasteiger partial charge is 0.165 e. The van der Waals surface area contributed by atoms with Gasteiger partial charge in [0.05, 0.1) is 11.4 Å². The fourth-order valence-corrected chi connectivity index (χ4v) is 7.72. The largest absolute Gasteiger partial charge is 0.245 e. The molecule has 0 fully saturated rings. The lowest BCUT2D eigenvalue weighted by Crippen LogP contribution is -2.55. The minimum atomic E-state index is -1.18. The first-order valence-electron chi connectivity index (χ1n) is 15.7. The van der Waals surface area contributed by atoms with Gasteiger partial charge < -0.3 is 0 Å². The molecule has 6 aromatic carbocycles. The van der Waals surface area contributed by atoms with Crippen molar-refractivity contribution in [3.63, 3.8) is 0 Å². The number of aliphatic imine (C=N–C) groups is 4. The van der Waals surface area contributed by atoms with E-state index in [2.05, 4.69) is 141 Å². The van der Waals surface area contributed by atoms with Crippen LogP contribution < -0.4 is 0 Å². The molecule has 0 amide bonds. The highest BCUT2D eigenvalue weighted by molar-refractivity contribution is 9.10. The average Bonchev–Trinajstić information content (AvgIpc) is 3.76. The maximum absolute atomic E-state index is 5.82. The number of hydrogen-bond donors (Lipinski definition) is 0. The van der Waals surface area contributed by atoms with E-state index in [4.69, 9.17) is 20.0 Å². The Morgan fingerprint density at radius 2 is 0.667 bits per heavy atom. The van der Waals surface area contributed by atoms with E-state index in [1.165, 1.54) is 0 Å². The van der Waals surface area contributed by atoms with Crippen molar-refractivity contribution in [3.8, 4) is 0 Å². The third kappa shape index (κ3) is 4.86. The van der Waals surface area contributed by atoms with Gasteiger partial charge >= 0.3 is 0 Å². The Hall–Kier alpha value is -5.04. The van der Waals surface area contributed by atoms with Gasteiger partial charge in [0, 0.05) is 20.1 Å². The fraction of sp³-hybridized carbons (Fsp3) is 0.0476. The monoisotopic (exact) mass is 746 g/mol. The van der Waals surface area contributed by atoms with Crippen LogP contribution >= 0.6 is 31.9 Å². The summed E-state index contributed by atoms with van der Waals surface area (Å²) in [6.45, 7) is 0. The normalized spacial score (nSPS) is 20.1. The minimum Gasteiger partial charge on any atom is -0.245 e. The van der Waals surface area contributed by atoms with E-state index in [1.54, 1.807) is 0 Å². The molecule has 48 heavy (non-hydrogen) atoms. The molecule has 4 nitrogen and oxygen atoms in total. The van der Waals surface area contributed by atoms with E-state index in [0.717, 1.165) is 53.7 Å². The molecule has 8 rings (SSSR count). The van der Waals surface area contributed by atoms with E-state index < -0.39 is 11.1 Å². The molecule has 0 N–H and O–H groups in total. The first-order chi connectivity index (χ1) is 23.6. The predicted molar refractivity (Wildman–Crippen MR) is 204 cm³/mol. The molecule has 2 aliphatic rings. The zero-order valence-corrected chi connectivity index (χ0v) is 28.9. The van der Waals surface area contributed by atoms with Crippen molar-refractivity contribution >= 4 is 55.0 Å². The molecule has 6 aromatic rings. The standard InChI is InChI=1S/C42H28Br2N4/c43-35-27-15-13-25-33(35)39-45-37(29-17-5-1-6-18-29)41(47-39,31-21-9-3-10-22-31)42(32-23-11-4-12-24-32)38(30-19-7-2-8-20-30)46-40(48-42)34-26-14-16-28-36(34)44/h1-28H. The summed E-state index contributed by atoms with van der Waals surface area (Å²) < 4.78 is 1.83. The van der Waals surface area contributed by atoms with Crippen LogP contribution in [0.2, 0.25) is 0 Å². The van der Waals surface area contributed by atoms with Crippen molar-refractivity contribution in [1.82, 2.24) is 0 Å². The highest BCUT2D eigenvalue weighted by Gasteiger charge is 2.64. The van der Waals surface area contributed by atoms with E-state index >= 15 is 0 Å². The van der Waals surface area contributed by atoms with Crippen molar-refractivity contribution in [1.29, 1.82) is 0 Å². The predicted octanol–water partition coefficient (Wildman–Crippen LogP) is 10.2. The third-order valence-corrected chi connectivity index (χ3v) is 10.3. The lowest BCUT2D eigenvalue weighted by atomic mass is 9.62. The Morgan fingerprint density at radius 1 is 0.354 bits per heavy atom. The zero-order valence-electron chi connectivity index (χ0n) is 25.7. The van der Waals surface area contributed by atoms with Gasteiger partial charge in [-0.2, -0.15) is 0 Å². The zero-order chi connectivity index (χ0) is 32.6. The number of nitrogens with zero attached hydrogens (tertiary/aromatic N) is 4. The lowest BCUT2D eigenvalue weighted by Gasteiger charge is -2.44. The molecule has 6 heteroatoms. The first-order valence-corrected chi connectivity index (χ1v) is 17.3. The highest BCUT2D eigenvalue weighted by Crippen LogP contribution is 2.55. The van der Waals surface area contributed by atoms with Crippen LogP contribution in [-0.2, 0) is 11.1 Å². The van der Waals surface area contributed by atoms with Gasteiger partial charge in [-0.3, -0.25) is 0 Å². The summed E-state index contributed by atoms with van der Waals surface area (Å²) in [6, 6.07) is 57.8. The van der Waals surface area contributed by atoms with Crippen molar-refractivity contribution < 1.29 is 0 Å². The van der Waals surface area contributed by atoms with Crippen LogP contribution in [0.15, 0.2) is 199 Å². The molecule has 0 spiro atoms. The molecule has 2 aliphatic heterocycles. The minimum absolute atomic E-state index is 0.623. The molecule has 2 heterocycles. The van der Waals surface area contributed by atoms with E-state index in [1.807, 2.05) is 60.7 Å². The lowest BCUT2D eigenvalue weighted by molar-refractivity contribution is 0.420. The molecular formula is C42H28Br2N4. The van der Waals surface area contributed by atoms with Crippen LogP contribution in [-0.4, -0.2) is 23.1 Å². The molecule has 2 unspecified atom stereocenters. The summed E-state index contributed by atoms with van der Waals surface area (Å²) in [5.74, 6) is 1.25. The summed E-state index contributed by atoms with van der Waals surface area (Å²) >= 11 is 7.62. The second-order valence-corrected chi connectivity index (χ2v) is 13.3. The Bertz CT molecular complexity index is 2090. The molecule has 230 valence electrons. The summed E-state index contributed by atoms with van der Waals surface area (Å²) in [5, 5.41) is 0. The van der Waals surface area contributed by atoms with Crippen LogP contribution in [0.1, 0.15) is 33.4 Å². The van der Waals surface area contributed by atoms with Crippen LogP contribution in [0, 0.1) is 0 Å². The van der Waals surface area contributed by atoms with Gasteiger partial charge in [-0.15, -0.1) is 0 Å². The van der Waals surface area contributed by atoms with Crippen molar-refractivity contribution in [2.75, 3.05) is 0 Å². The number of rotatable bonds is 7. The van der Waals surface area contributed by atoms with Crippen LogP contribution in [0.3, 0.4) is 0 Å². The van der Waals surface area contributed by atoms with Gasteiger partial charge in [-0.25, -0.2) is 20.0 Å². The number of amidine groups is 2. The molecule has 0 bridgehead atoms. The maximum Gasteiger partial charge on any atom is 0.165 e. The number of hydrogen-bond acceptors (Lipinski definition) is 4. The van der Waals surface area contributed by atoms with E-state index in [9.17, 15) is 0 Å². The molecule has 0 saturated heterocycles. The molecule has 2 atom stereocenters. The van der Waals surface area contributed by atoms with Gasteiger partial charge in [0.1, 0.15) is 0 Å². The molecule has 0 aliphatic carbocycles. The summed E-state index contributed by atoms with van der Waals surface area (Å²) in [6.07, 6.45) is 0. The molecule has 0 saturated carbocycles. The third-order valence-electron chi connectivity index (χ3n) is 8.90. The number of halogens is 2. The Labute approximate surface area is 296 Å². The maximum atomic E-state index is 5.82. The van der Waals surface area contributed by atoms with Gasteiger partial charge in [0.25, 0.3) is 0 Å². The van der Waals surface area contributed by atoms with Gasteiger partial charge in [0.15, 0.2) is 22.7 Å². The van der Waals surface area contributed by atoms with Crippen LogP contribution in [0.25, 0.3) is 0 Å². The fourth-order valence-electron chi connectivity index (χ4n) is 6.80. The topological polar surface area (TPSA) is 49.4 Å². The molecule has 0 aromatic heterocycles. The average molecular weight is 749 g/mol. The van der Waals surface area contributed by atoms with Crippen molar-refractivity contribution in [2.24, 2.45) is 20.0 Å². The van der Waals surface area contributed by atoms with Gasteiger partial charge in [-0.05, 0) is 34.4 Å². The SMILES string of the molecule is Brc1ccccc1C1=NC(c2ccccc2)(C2(c3ccccc3)N=C(c3ccccc3Br)N=C2c2ccccc2)C(c2ccccc2)=N1. The summed E-state index contributed by atoms with van der Waals surface area (Å²) in [5.41, 5.74) is 4.86. The van der Waals surface area contributed by atoms with E-state index in [0.29, 0.717) is 11.7 Å². The number of benzene rings is 6. The molecular weight excluding hydrogens is 720 g/mol. The first kappa shape index (κ1) is 30.3. The molecule has 0 radical (unpaired) electrons. The quantitative estimate of drug-likeness (QED) is 0.156. The highest BCUT2D eigenvalue weighted by atomic mass is 79.9.